The lowest BCUT2D eigenvalue weighted by molar-refractivity contribution is -0.151. The van der Waals surface area contributed by atoms with Gasteiger partial charge in [-0.05, 0) is 32.1 Å². The molecular weight excluding hydrogens is 206 g/mol. The fourth-order valence-electron chi connectivity index (χ4n) is 2.95. The molecule has 0 aromatic rings. The van der Waals surface area contributed by atoms with Crippen LogP contribution in [0.5, 0.6) is 0 Å². The summed E-state index contributed by atoms with van der Waals surface area (Å²) in [5.41, 5.74) is 4.93. The Morgan fingerprint density at radius 3 is 3.00 bits per heavy atom. The maximum Gasteiger partial charge on any atom is 0.310 e. The monoisotopic (exact) mass is 223 g/mol. The molecule has 0 aromatic heterocycles. The van der Waals surface area contributed by atoms with Crippen LogP contribution in [0.25, 0.3) is 0 Å². The first-order chi connectivity index (χ1) is 7.59. The number of fused-ring (bicyclic) bond motifs is 2. The first-order valence-corrected chi connectivity index (χ1v) is 5.74. The molecule has 0 amide bonds. The number of nitrogens with one attached hydrogen (secondary N) is 1. The van der Waals surface area contributed by atoms with Crippen LogP contribution in [0.15, 0.2) is 0 Å². The Morgan fingerprint density at radius 2 is 2.44 bits per heavy atom. The van der Waals surface area contributed by atoms with Crippen LogP contribution in [0.2, 0.25) is 0 Å². The molecule has 88 valence electrons. The van der Waals surface area contributed by atoms with Crippen molar-refractivity contribution in [3.05, 3.63) is 0 Å². The zero-order chi connectivity index (χ0) is 11.8. The van der Waals surface area contributed by atoms with Crippen molar-refractivity contribution in [1.29, 1.82) is 5.26 Å². The Balaban J connectivity index is 2.11. The van der Waals surface area contributed by atoms with E-state index in [-0.39, 0.29) is 23.8 Å². The number of nitrogens with zero attached hydrogens (tertiary/aromatic N) is 1. The Labute approximate surface area is 94.9 Å². The highest BCUT2D eigenvalue weighted by atomic mass is 16.5. The average molecular weight is 223 g/mol. The van der Waals surface area contributed by atoms with E-state index in [1.807, 2.05) is 0 Å². The summed E-state index contributed by atoms with van der Waals surface area (Å²) in [5, 5.41) is 12.1. The van der Waals surface area contributed by atoms with Crippen LogP contribution in [0.1, 0.15) is 26.2 Å². The van der Waals surface area contributed by atoms with Gasteiger partial charge >= 0.3 is 5.97 Å². The Morgan fingerprint density at radius 1 is 1.69 bits per heavy atom. The third-order valence-electron chi connectivity index (χ3n) is 3.58. The summed E-state index contributed by atoms with van der Waals surface area (Å²) >= 11 is 0. The number of rotatable bonds is 2. The summed E-state index contributed by atoms with van der Waals surface area (Å²) in [7, 11) is 0. The summed E-state index contributed by atoms with van der Waals surface area (Å²) in [4.78, 5) is 11.8. The zero-order valence-corrected chi connectivity index (χ0v) is 9.40. The lowest BCUT2D eigenvalue weighted by atomic mass is 9.82. The molecule has 1 aliphatic carbocycles. The Bertz CT molecular complexity index is 323. The fourth-order valence-corrected chi connectivity index (χ4v) is 2.95. The minimum atomic E-state index is -0.963. The number of nitriles is 1. The van der Waals surface area contributed by atoms with Gasteiger partial charge in [0, 0.05) is 6.04 Å². The molecule has 0 aromatic carbocycles. The van der Waals surface area contributed by atoms with Gasteiger partial charge in [0.1, 0.15) is 6.07 Å². The Hall–Kier alpha value is -1.12. The second kappa shape index (κ2) is 4.04. The number of piperidine rings is 1. The zero-order valence-electron chi connectivity index (χ0n) is 9.40. The van der Waals surface area contributed by atoms with Gasteiger partial charge in [-0.25, -0.2) is 0 Å². The van der Waals surface area contributed by atoms with E-state index in [9.17, 15) is 4.79 Å². The quantitative estimate of drug-likeness (QED) is 0.649. The van der Waals surface area contributed by atoms with E-state index in [4.69, 9.17) is 15.7 Å². The van der Waals surface area contributed by atoms with Gasteiger partial charge in [-0.15, -0.1) is 0 Å². The van der Waals surface area contributed by atoms with Crippen molar-refractivity contribution < 1.29 is 9.53 Å². The van der Waals surface area contributed by atoms with E-state index in [0.717, 1.165) is 12.8 Å². The maximum atomic E-state index is 11.8. The number of esters is 1. The summed E-state index contributed by atoms with van der Waals surface area (Å²) in [6.07, 6.45) is 2.38. The lowest BCUT2D eigenvalue weighted by Gasteiger charge is -2.37. The normalized spacial score (nSPS) is 41.4. The molecule has 1 saturated heterocycles. The minimum absolute atomic E-state index is 0.00227. The molecule has 2 rings (SSSR count). The number of nitrogens with two attached hydrogens (primary N) is 1. The van der Waals surface area contributed by atoms with Crippen LogP contribution in [-0.4, -0.2) is 24.3 Å². The van der Waals surface area contributed by atoms with Crippen LogP contribution in [-0.2, 0) is 9.53 Å². The van der Waals surface area contributed by atoms with Crippen LogP contribution in [0.4, 0.5) is 0 Å². The topological polar surface area (TPSA) is 88.1 Å². The van der Waals surface area contributed by atoms with E-state index in [1.165, 1.54) is 0 Å². The third-order valence-corrected chi connectivity index (χ3v) is 3.58. The van der Waals surface area contributed by atoms with Crippen molar-refractivity contribution >= 4 is 5.97 Å². The standard InChI is InChI=1S/C11H17N3O2/c1-2-16-10(15)9-7-3-4-8(9)14-11(13,5-7)6-12/h7-9,14H,2-5,13H2,1H3/t7?,8?,9?,11-/m1/s1. The molecule has 16 heavy (non-hydrogen) atoms. The largest absolute Gasteiger partial charge is 0.466 e. The van der Waals surface area contributed by atoms with Crippen molar-refractivity contribution in [2.75, 3.05) is 6.61 Å². The molecule has 0 radical (unpaired) electrons. The van der Waals surface area contributed by atoms with Gasteiger partial charge in [0.05, 0.1) is 12.5 Å². The van der Waals surface area contributed by atoms with Crippen LogP contribution < -0.4 is 11.1 Å². The molecule has 5 nitrogen and oxygen atoms in total. The molecule has 1 heterocycles. The van der Waals surface area contributed by atoms with E-state index >= 15 is 0 Å². The van der Waals surface area contributed by atoms with Crippen LogP contribution >= 0.6 is 0 Å². The molecule has 1 aliphatic heterocycles. The van der Waals surface area contributed by atoms with E-state index < -0.39 is 5.66 Å². The second-order valence-corrected chi connectivity index (χ2v) is 4.65. The van der Waals surface area contributed by atoms with Gasteiger partial charge in [0.2, 0.25) is 0 Å². The van der Waals surface area contributed by atoms with Gasteiger partial charge in [0.25, 0.3) is 0 Å². The third kappa shape index (κ3) is 1.79. The predicted molar refractivity (Wildman–Crippen MR) is 56.9 cm³/mol. The van der Waals surface area contributed by atoms with Gasteiger partial charge in [-0.2, -0.15) is 5.26 Å². The molecular formula is C11H17N3O2. The van der Waals surface area contributed by atoms with Crippen LogP contribution in [0.3, 0.4) is 0 Å². The van der Waals surface area contributed by atoms with E-state index in [2.05, 4.69) is 11.4 Å². The van der Waals surface area contributed by atoms with E-state index in [0.29, 0.717) is 13.0 Å². The maximum absolute atomic E-state index is 11.8. The molecule has 5 heteroatoms. The number of hydrogen-bond donors (Lipinski definition) is 2. The molecule has 2 fully saturated rings. The molecule has 3 unspecified atom stereocenters. The lowest BCUT2D eigenvalue weighted by Crippen LogP contribution is -2.62. The molecule has 4 atom stereocenters. The number of ether oxygens (including phenoxy) is 1. The van der Waals surface area contributed by atoms with Crippen molar-refractivity contribution in [2.45, 2.75) is 37.9 Å². The van der Waals surface area contributed by atoms with Gasteiger partial charge < -0.3 is 10.5 Å². The Kier molecular flexibility index (Phi) is 2.87. The van der Waals surface area contributed by atoms with Gasteiger partial charge in [-0.3, -0.25) is 10.1 Å². The molecule has 1 saturated carbocycles. The number of hydrogen-bond acceptors (Lipinski definition) is 5. The van der Waals surface area contributed by atoms with Crippen LogP contribution in [0, 0.1) is 23.2 Å². The van der Waals surface area contributed by atoms with Gasteiger partial charge in [-0.1, -0.05) is 0 Å². The highest BCUT2D eigenvalue weighted by Crippen LogP contribution is 2.41. The summed E-state index contributed by atoms with van der Waals surface area (Å²) in [6, 6.07) is 2.09. The SMILES string of the molecule is CCOC(=O)C1C2CCC1N[C@@](N)(C#N)C2. The summed E-state index contributed by atoms with van der Waals surface area (Å²) < 4.78 is 5.06. The first-order valence-electron chi connectivity index (χ1n) is 5.74. The smallest absolute Gasteiger partial charge is 0.310 e. The number of carbonyl (C=O) groups excluding carboxylic acids is 1. The molecule has 2 bridgehead atoms. The molecule has 0 spiro atoms. The van der Waals surface area contributed by atoms with Crippen molar-refractivity contribution in [1.82, 2.24) is 5.32 Å². The molecule has 3 N–H and O–H groups in total. The molecule has 2 aliphatic rings. The van der Waals surface area contributed by atoms with Crippen molar-refractivity contribution in [3.8, 4) is 6.07 Å². The number of carbonyl (C=O) groups is 1. The fraction of sp³-hybridized carbons (Fsp3) is 0.818. The first kappa shape index (κ1) is 11.4. The van der Waals surface area contributed by atoms with Gasteiger partial charge in [0.15, 0.2) is 5.66 Å². The highest BCUT2D eigenvalue weighted by Gasteiger charge is 2.51. The summed E-state index contributed by atoms with van der Waals surface area (Å²) in [5.74, 6) is -0.0811. The van der Waals surface area contributed by atoms with Crippen molar-refractivity contribution in [3.63, 3.8) is 0 Å². The van der Waals surface area contributed by atoms with Crippen molar-refractivity contribution in [2.24, 2.45) is 17.6 Å². The van der Waals surface area contributed by atoms with E-state index in [1.54, 1.807) is 6.92 Å². The second-order valence-electron chi connectivity index (χ2n) is 4.65. The predicted octanol–water partition coefficient (Wildman–Crippen LogP) is 0.116. The minimum Gasteiger partial charge on any atom is -0.466 e. The average Bonchev–Trinajstić information content (AvgIpc) is 2.53. The summed E-state index contributed by atoms with van der Waals surface area (Å²) in [6.45, 7) is 2.21. The highest BCUT2D eigenvalue weighted by molar-refractivity contribution is 5.74.